The SMILES string of the molecule is CS(=O)(=O)OCC(=O)N1CCCCCC1. The fraction of sp³-hybridized carbons (Fsp3) is 0.889. The van der Waals surface area contributed by atoms with Gasteiger partial charge in [-0.1, -0.05) is 12.8 Å². The van der Waals surface area contributed by atoms with Crippen LogP contribution in [0.3, 0.4) is 0 Å². The Labute approximate surface area is 90.5 Å². The van der Waals surface area contributed by atoms with Gasteiger partial charge < -0.3 is 4.90 Å². The van der Waals surface area contributed by atoms with Gasteiger partial charge in [0, 0.05) is 13.1 Å². The maximum Gasteiger partial charge on any atom is 0.264 e. The van der Waals surface area contributed by atoms with Gasteiger partial charge in [-0.3, -0.25) is 8.98 Å². The molecule has 0 N–H and O–H groups in total. The number of hydrogen-bond acceptors (Lipinski definition) is 4. The summed E-state index contributed by atoms with van der Waals surface area (Å²) < 4.78 is 25.9. The third kappa shape index (κ3) is 5.13. The van der Waals surface area contributed by atoms with Gasteiger partial charge in [0.15, 0.2) is 0 Å². The lowest BCUT2D eigenvalue weighted by molar-refractivity contribution is -0.133. The first kappa shape index (κ1) is 12.4. The van der Waals surface area contributed by atoms with Gasteiger partial charge in [0.25, 0.3) is 10.1 Å². The van der Waals surface area contributed by atoms with Gasteiger partial charge in [-0.25, -0.2) is 0 Å². The summed E-state index contributed by atoms with van der Waals surface area (Å²) >= 11 is 0. The molecule has 1 rings (SSSR count). The van der Waals surface area contributed by atoms with E-state index >= 15 is 0 Å². The topological polar surface area (TPSA) is 63.7 Å². The quantitative estimate of drug-likeness (QED) is 0.663. The summed E-state index contributed by atoms with van der Waals surface area (Å²) in [5, 5.41) is 0. The van der Waals surface area contributed by atoms with Gasteiger partial charge in [0.1, 0.15) is 6.61 Å². The first-order valence-electron chi connectivity index (χ1n) is 5.11. The Morgan fingerprint density at radius 3 is 2.20 bits per heavy atom. The summed E-state index contributed by atoms with van der Waals surface area (Å²) in [7, 11) is -3.51. The second-order valence-electron chi connectivity index (χ2n) is 3.76. The van der Waals surface area contributed by atoms with Gasteiger partial charge >= 0.3 is 0 Å². The molecule has 0 saturated carbocycles. The molecule has 1 aliphatic heterocycles. The summed E-state index contributed by atoms with van der Waals surface area (Å²) in [5.74, 6) is -0.234. The molecule has 0 aromatic heterocycles. The number of rotatable bonds is 3. The van der Waals surface area contributed by atoms with E-state index in [-0.39, 0.29) is 12.5 Å². The van der Waals surface area contributed by atoms with E-state index in [1.165, 1.54) is 0 Å². The van der Waals surface area contributed by atoms with Crippen molar-refractivity contribution in [3.05, 3.63) is 0 Å². The van der Waals surface area contributed by atoms with E-state index in [1.807, 2.05) is 0 Å². The molecular weight excluding hydrogens is 218 g/mol. The predicted octanol–water partition coefficient (Wildman–Crippen LogP) is 0.365. The first-order valence-corrected chi connectivity index (χ1v) is 6.93. The van der Waals surface area contributed by atoms with Crippen molar-refractivity contribution in [2.24, 2.45) is 0 Å². The van der Waals surface area contributed by atoms with Crippen molar-refractivity contribution in [1.29, 1.82) is 0 Å². The Kier molecular flexibility index (Phi) is 4.53. The fourth-order valence-corrected chi connectivity index (χ4v) is 1.88. The number of amides is 1. The Hall–Kier alpha value is -0.620. The van der Waals surface area contributed by atoms with Crippen molar-refractivity contribution >= 4 is 16.0 Å². The van der Waals surface area contributed by atoms with Gasteiger partial charge in [0.05, 0.1) is 6.26 Å². The van der Waals surface area contributed by atoms with Crippen LogP contribution in [0.25, 0.3) is 0 Å². The smallest absolute Gasteiger partial charge is 0.264 e. The van der Waals surface area contributed by atoms with Crippen molar-refractivity contribution in [2.45, 2.75) is 25.7 Å². The van der Waals surface area contributed by atoms with Crippen LogP contribution < -0.4 is 0 Å². The zero-order valence-electron chi connectivity index (χ0n) is 8.94. The molecule has 1 heterocycles. The van der Waals surface area contributed by atoms with E-state index in [4.69, 9.17) is 0 Å². The van der Waals surface area contributed by atoms with Crippen LogP contribution in [0.5, 0.6) is 0 Å². The van der Waals surface area contributed by atoms with Crippen molar-refractivity contribution in [3.8, 4) is 0 Å². The minimum absolute atomic E-state index is 0.234. The number of likely N-dealkylation sites (tertiary alicyclic amines) is 1. The fourth-order valence-electron chi connectivity index (χ4n) is 1.57. The lowest BCUT2D eigenvalue weighted by atomic mass is 10.2. The largest absolute Gasteiger partial charge is 0.341 e. The van der Waals surface area contributed by atoms with Crippen LogP contribution in [0.2, 0.25) is 0 Å². The number of carbonyl (C=O) groups is 1. The molecule has 0 spiro atoms. The molecule has 5 nitrogen and oxygen atoms in total. The van der Waals surface area contributed by atoms with Crippen molar-refractivity contribution in [2.75, 3.05) is 26.0 Å². The minimum atomic E-state index is -3.51. The predicted molar refractivity (Wildman–Crippen MR) is 55.8 cm³/mol. The molecule has 0 atom stereocenters. The summed E-state index contributed by atoms with van der Waals surface area (Å²) in [6, 6.07) is 0. The molecule has 15 heavy (non-hydrogen) atoms. The van der Waals surface area contributed by atoms with Gasteiger partial charge in [-0.05, 0) is 12.8 Å². The average Bonchev–Trinajstić information content (AvgIpc) is 2.41. The minimum Gasteiger partial charge on any atom is -0.341 e. The summed E-state index contributed by atoms with van der Waals surface area (Å²) in [5.41, 5.74) is 0. The monoisotopic (exact) mass is 235 g/mol. The molecule has 0 unspecified atom stereocenters. The van der Waals surface area contributed by atoms with Crippen LogP contribution in [-0.2, 0) is 19.1 Å². The van der Waals surface area contributed by atoms with Crippen molar-refractivity contribution in [3.63, 3.8) is 0 Å². The van der Waals surface area contributed by atoms with Crippen LogP contribution in [-0.4, -0.2) is 45.2 Å². The van der Waals surface area contributed by atoms with E-state index < -0.39 is 10.1 Å². The third-order valence-electron chi connectivity index (χ3n) is 2.36. The molecule has 1 fully saturated rings. The van der Waals surface area contributed by atoms with Crippen LogP contribution >= 0.6 is 0 Å². The first-order chi connectivity index (χ1) is 6.99. The third-order valence-corrected chi connectivity index (χ3v) is 2.90. The second-order valence-corrected chi connectivity index (χ2v) is 5.41. The molecule has 0 aromatic rings. The standard InChI is InChI=1S/C9H17NO4S/c1-15(12,13)14-8-9(11)10-6-4-2-3-5-7-10/h2-8H2,1H3. The molecule has 0 bridgehead atoms. The van der Waals surface area contributed by atoms with Crippen LogP contribution in [0.15, 0.2) is 0 Å². The summed E-state index contributed by atoms with van der Waals surface area (Å²) in [6.45, 7) is 1.07. The molecular formula is C9H17NO4S. The van der Waals surface area contributed by atoms with Gasteiger partial charge in [-0.15, -0.1) is 0 Å². The van der Waals surface area contributed by atoms with E-state index in [9.17, 15) is 13.2 Å². The highest BCUT2D eigenvalue weighted by Gasteiger charge is 2.17. The van der Waals surface area contributed by atoms with Gasteiger partial charge in [0.2, 0.25) is 5.91 Å². The number of hydrogen-bond donors (Lipinski definition) is 0. The lowest BCUT2D eigenvalue weighted by Crippen LogP contribution is -2.35. The molecule has 6 heteroatoms. The van der Waals surface area contributed by atoms with Crippen molar-refractivity contribution < 1.29 is 17.4 Å². The van der Waals surface area contributed by atoms with Crippen LogP contribution in [0.4, 0.5) is 0 Å². The number of carbonyl (C=O) groups excluding carboxylic acids is 1. The highest BCUT2D eigenvalue weighted by molar-refractivity contribution is 7.86. The second kappa shape index (κ2) is 5.46. The molecule has 1 aliphatic rings. The Bertz CT molecular complexity index is 304. The summed E-state index contributed by atoms with van der Waals surface area (Å²) in [6.07, 6.45) is 5.20. The van der Waals surface area contributed by atoms with E-state index in [1.54, 1.807) is 4.90 Å². The maximum absolute atomic E-state index is 11.5. The Morgan fingerprint density at radius 1 is 1.20 bits per heavy atom. The molecule has 0 aromatic carbocycles. The molecule has 1 saturated heterocycles. The van der Waals surface area contributed by atoms with E-state index in [0.29, 0.717) is 13.1 Å². The van der Waals surface area contributed by atoms with E-state index in [0.717, 1.165) is 31.9 Å². The molecule has 0 aliphatic carbocycles. The average molecular weight is 235 g/mol. The molecule has 88 valence electrons. The van der Waals surface area contributed by atoms with Crippen molar-refractivity contribution in [1.82, 2.24) is 4.90 Å². The summed E-state index contributed by atoms with van der Waals surface area (Å²) in [4.78, 5) is 13.2. The zero-order chi connectivity index (χ0) is 11.3. The molecule has 0 radical (unpaired) electrons. The maximum atomic E-state index is 11.5. The van der Waals surface area contributed by atoms with E-state index in [2.05, 4.69) is 4.18 Å². The van der Waals surface area contributed by atoms with Crippen LogP contribution in [0.1, 0.15) is 25.7 Å². The molecule has 1 amide bonds. The van der Waals surface area contributed by atoms with Crippen LogP contribution in [0, 0.1) is 0 Å². The Balaban J connectivity index is 2.38. The Morgan fingerprint density at radius 2 is 1.73 bits per heavy atom. The highest BCUT2D eigenvalue weighted by atomic mass is 32.2. The van der Waals surface area contributed by atoms with Gasteiger partial charge in [-0.2, -0.15) is 8.42 Å². The normalized spacial score (nSPS) is 18.6. The number of nitrogens with zero attached hydrogens (tertiary/aromatic N) is 1. The zero-order valence-corrected chi connectivity index (χ0v) is 9.75. The lowest BCUT2D eigenvalue weighted by Gasteiger charge is -2.19. The highest BCUT2D eigenvalue weighted by Crippen LogP contribution is 2.09.